The zero-order chi connectivity index (χ0) is 40.4. The van der Waals surface area contributed by atoms with Gasteiger partial charge in [0.25, 0.3) is 0 Å². The number of benzene rings is 1. The van der Waals surface area contributed by atoms with Gasteiger partial charge in [0.1, 0.15) is 29.8 Å². The standard InChI is InChI=1S/C46H58O10/c1-9-27(2)41-31(6)21-22-45(56-41)25-37-24-36(55-45)19-17-30(5)40(52-33(8)47)29(4)14-12-16-35-26-51-43-42(32(7)23-38(44(49)53-37)46(35,43)50)54-39(48)20-18-34-15-11-10-13-28(34)3/h10-18,20-23,27,29,31,36-38,40-43,50H,9,19,24-26H2,1-8H3/b14-12+,20-18+,30-17+,35-16+/t27-,29-,31-,36+,37-,38-,40-,41+,42+,43+,45+,46+/m0/s1. The fourth-order valence-electron chi connectivity index (χ4n) is 8.76. The number of ether oxygens (including phenoxy) is 6. The van der Waals surface area contributed by atoms with E-state index in [0.29, 0.717) is 24.0 Å². The maximum atomic E-state index is 14.5. The number of aryl methyl sites for hydroxylation is 1. The van der Waals surface area contributed by atoms with E-state index in [0.717, 1.165) is 23.1 Å². The third-order valence-electron chi connectivity index (χ3n) is 12.1. The van der Waals surface area contributed by atoms with Crippen LogP contribution in [0.3, 0.4) is 0 Å². The van der Waals surface area contributed by atoms with Crippen molar-refractivity contribution in [1.82, 2.24) is 0 Å². The molecular formula is C46H58O10. The molecule has 56 heavy (non-hydrogen) atoms. The highest BCUT2D eigenvalue weighted by Gasteiger charge is 2.61. The summed E-state index contributed by atoms with van der Waals surface area (Å²) in [5.74, 6) is -3.73. The molecule has 1 aromatic carbocycles. The molecule has 6 rings (SSSR count). The Balaban J connectivity index is 1.38. The Kier molecular flexibility index (Phi) is 12.7. The number of carbonyl (C=O) groups is 3. The largest absolute Gasteiger partial charge is 0.462 e. The third-order valence-corrected chi connectivity index (χ3v) is 12.1. The van der Waals surface area contributed by atoms with Crippen LogP contribution in [0.2, 0.25) is 0 Å². The molecule has 0 radical (unpaired) electrons. The van der Waals surface area contributed by atoms with Gasteiger partial charge in [-0.2, -0.15) is 0 Å². The van der Waals surface area contributed by atoms with Crippen molar-refractivity contribution in [1.29, 1.82) is 0 Å². The summed E-state index contributed by atoms with van der Waals surface area (Å²) < 4.78 is 38.1. The number of rotatable bonds is 6. The second-order valence-corrected chi connectivity index (χ2v) is 16.4. The zero-order valence-corrected chi connectivity index (χ0v) is 33.9. The smallest absolute Gasteiger partial charge is 0.331 e. The maximum absolute atomic E-state index is 14.5. The quantitative estimate of drug-likeness (QED) is 0.135. The first kappa shape index (κ1) is 41.5. The van der Waals surface area contributed by atoms with Crippen LogP contribution in [0.15, 0.2) is 89.6 Å². The topological polar surface area (TPSA) is 127 Å². The molecule has 12 atom stereocenters. The average molecular weight is 771 g/mol. The molecule has 2 saturated heterocycles. The van der Waals surface area contributed by atoms with Crippen LogP contribution in [-0.4, -0.2) is 77.6 Å². The summed E-state index contributed by atoms with van der Waals surface area (Å²) in [6, 6.07) is 7.68. The minimum Gasteiger partial charge on any atom is -0.462 e. The molecule has 4 aliphatic heterocycles. The van der Waals surface area contributed by atoms with Crippen molar-refractivity contribution in [3.05, 3.63) is 101 Å². The van der Waals surface area contributed by atoms with Gasteiger partial charge in [-0.25, -0.2) is 4.79 Å². The Labute approximate surface area is 331 Å². The van der Waals surface area contributed by atoms with Crippen LogP contribution in [0.4, 0.5) is 0 Å². The monoisotopic (exact) mass is 770 g/mol. The molecule has 10 nitrogen and oxygen atoms in total. The molecule has 5 aliphatic rings. The van der Waals surface area contributed by atoms with E-state index < -0.39 is 65.7 Å². The van der Waals surface area contributed by atoms with Gasteiger partial charge >= 0.3 is 17.9 Å². The first-order chi connectivity index (χ1) is 26.6. The van der Waals surface area contributed by atoms with Crippen LogP contribution in [0.25, 0.3) is 6.08 Å². The molecule has 302 valence electrons. The number of hydrogen-bond donors (Lipinski definition) is 1. The highest BCUT2D eigenvalue weighted by atomic mass is 16.7. The van der Waals surface area contributed by atoms with Crippen LogP contribution in [0.5, 0.6) is 0 Å². The molecule has 4 heterocycles. The number of esters is 3. The Morgan fingerprint density at radius 3 is 2.52 bits per heavy atom. The van der Waals surface area contributed by atoms with E-state index in [-0.39, 0.29) is 36.9 Å². The number of hydrogen-bond acceptors (Lipinski definition) is 10. The van der Waals surface area contributed by atoms with Crippen molar-refractivity contribution in [2.45, 2.75) is 129 Å². The maximum Gasteiger partial charge on any atom is 0.331 e. The van der Waals surface area contributed by atoms with E-state index in [9.17, 15) is 19.5 Å². The summed E-state index contributed by atoms with van der Waals surface area (Å²) in [5, 5.41) is 12.8. The summed E-state index contributed by atoms with van der Waals surface area (Å²) >= 11 is 0. The molecule has 0 unspecified atom stereocenters. The third kappa shape index (κ3) is 8.74. The van der Waals surface area contributed by atoms with Gasteiger partial charge in [-0.3, -0.25) is 9.59 Å². The Morgan fingerprint density at radius 2 is 1.79 bits per heavy atom. The van der Waals surface area contributed by atoms with Crippen molar-refractivity contribution in [3.8, 4) is 0 Å². The molecule has 0 aromatic heterocycles. The number of aliphatic hydroxyl groups is 1. The minimum absolute atomic E-state index is 0.0134. The molecule has 1 spiro atoms. The zero-order valence-electron chi connectivity index (χ0n) is 33.9. The summed E-state index contributed by atoms with van der Waals surface area (Å²) in [6.07, 6.45) is 14.5. The molecule has 0 saturated carbocycles. The summed E-state index contributed by atoms with van der Waals surface area (Å²) in [7, 11) is 0. The SMILES string of the molecule is CC[C@H](C)[C@H]1O[C@]2(C=C[C@@H]1C)C[C@@H]1C[C@@H](C/C=C(\C)[C@@H](OC(C)=O)[C@@H](C)/C=C/C=C3\CO[C@@H]4[C@H](OC(=O)/C=C/c5ccccc5C)C(C)=C[C@@H](C(=O)O1)[C@]34O)O2. The molecule has 2 fully saturated rings. The van der Waals surface area contributed by atoms with Gasteiger partial charge < -0.3 is 33.5 Å². The predicted octanol–water partition coefficient (Wildman–Crippen LogP) is 7.45. The molecule has 10 heteroatoms. The van der Waals surface area contributed by atoms with Crippen molar-refractivity contribution in [2.24, 2.45) is 23.7 Å². The molecule has 1 aromatic rings. The Bertz CT molecular complexity index is 1840. The van der Waals surface area contributed by atoms with Crippen LogP contribution in [0, 0.1) is 30.6 Å². The second kappa shape index (κ2) is 17.2. The lowest BCUT2D eigenvalue weighted by Gasteiger charge is -2.48. The van der Waals surface area contributed by atoms with Gasteiger partial charge in [0.05, 0.1) is 18.8 Å². The first-order valence-corrected chi connectivity index (χ1v) is 20.1. The number of fused-ring (bicyclic) bond motifs is 2. The number of allylic oxidation sites excluding steroid dienone is 2. The van der Waals surface area contributed by atoms with Crippen molar-refractivity contribution in [2.75, 3.05) is 6.61 Å². The molecule has 1 N–H and O–H groups in total. The minimum atomic E-state index is -1.91. The molecular weight excluding hydrogens is 712 g/mol. The van der Waals surface area contributed by atoms with Gasteiger partial charge in [-0.15, -0.1) is 0 Å². The van der Waals surface area contributed by atoms with Crippen LogP contribution >= 0.6 is 0 Å². The van der Waals surface area contributed by atoms with Crippen LogP contribution in [0.1, 0.15) is 85.3 Å². The Hall–Kier alpha value is -4.09. The lowest BCUT2D eigenvalue weighted by molar-refractivity contribution is -0.300. The van der Waals surface area contributed by atoms with E-state index in [2.05, 4.69) is 26.8 Å². The van der Waals surface area contributed by atoms with Gasteiger partial charge in [0, 0.05) is 37.7 Å². The molecule has 2 bridgehead atoms. The van der Waals surface area contributed by atoms with Gasteiger partial charge in [-0.1, -0.05) is 94.8 Å². The molecule has 1 aliphatic carbocycles. The molecule has 0 amide bonds. The summed E-state index contributed by atoms with van der Waals surface area (Å²) in [6.45, 7) is 15.4. The Morgan fingerprint density at radius 1 is 1.02 bits per heavy atom. The second-order valence-electron chi connectivity index (χ2n) is 16.4. The van der Waals surface area contributed by atoms with Crippen molar-refractivity contribution in [3.63, 3.8) is 0 Å². The van der Waals surface area contributed by atoms with Crippen molar-refractivity contribution >= 4 is 24.0 Å². The van der Waals surface area contributed by atoms with E-state index in [4.69, 9.17) is 28.4 Å². The fourth-order valence-corrected chi connectivity index (χ4v) is 8.76. The summed E-state index contributed by atoms with van der Waals surface area (Å²) in [4.78, 5) is 40.1. The normalized spacial score (nSPS) is 39.0. The lowest BCUT2D eigenvalue weighted by Crippen LogP contribution is -2.59. The van der Waals surface area contributed by atoms with Crippen LogP contribution < -0.4 is 0 Å². The van der Waals surface area contributed by atoms with Gasteiger partial charge in [-0.05, 0) is 73.1 Å². The average Bonchev–Trinajstić information content (AvgIpc) is 3.49. The van der Waals surface area contributed by atoms with Gasteiger partial charge in [0.15, 0.2) is 11.9 Å². The highest BCUT2D eigenvalue weighted by Crippen LogP contribution is 2.47. The number of carbonyl (C=O) groups excluding carboxylic acids is 3. The van der Waals surface area contributed by atoms with E-state index >= 15 is 0 Å². The fraction of sp³-hybridized carbons (Fsp3) is 0.543. The van der Waals surface area contributed by atoms with Gasteiger partial charge in [0.2, 0.25) is 0 Å². The first-order valence-electron chi connectivity index (χ1n) is 20.1. The van der Waals surface area contributed by atoms with Crippen LogP contribution in [-0.2, 0) is 42.8 Å². The summed E-state index contributed by atoms with van der Waals surface area (Å²) in [5.41, 5.74) is 1.83. The van der Waals surface area contributed by atoms with E-state index in [1.54, 1.807) is 31.2 Å². The lowest BCUT2D eigenvalue weighted by atomic mass is 9.70. The highest BCUT2D eigenvalue weighted by molar-refractivity contribution is 5.88. The van der Waals surface area contributed by atoms with Crippen molar-refractivity contribution < 1.29 is 47.9 Å². The van der Waals surface area contributed by atoms with E-state index in [1.165, 1.54) is 13.0 Å². The van der Waals surface area contributed by atoms with E-state index in [1.807, 2.05) is 63.3 Å². The predicted molar refractivity (Wildman–Crippen MR) is 212 cm³/mol.